The van der Waals surface area contributed by atoms with E-state index in [0.29, 0.717) is 41.3 Å². The van der Waals surface area contributed by atoms with Gasteiger partial charge in [-0.25, -0.2) is 0 Å². The highest BCUT2D eigenvalue weighted by atomic mass is 16.5. The first kappa shape index (κ1) is 26.0. The topological polar surface area (TPSA) is 79.3 Å². The Balaban J connectivity index is 1.79. The number of aliphatic hydroxyl groups is 1. The summed E-state index contributed by atoms with van der Waals surface area (Å²) >= 11 is 0. The Morgan fingerprint density at radius 3 is 2.35 bits per heavy atom. The summed E-state index contributed by atoms with van der Waals surface area (Å²) in [6, 6.07) is 21.2. The van der Waals surface area contributed by atoms with E-state index < -0.39 is 17.7 Å². The van der Waals surface area contributed by atoms with Gasteiger partial charge in [-0.1, -0.05) is 30.3 Å². The van der Waals surface area contributed by atoms with Gasteiger partial charge in [-0.05, 0) is 87.6 Å². The van der Waals surface area contributed by atoms with Gasteiger partial charge >= 0.3 is 0 Å². The van der Waals surface area contributed by atoms with Crippen LogP contribution in [0.25, 0.3) is 5.76 Å². The van der Waals surface area contributed by atoms with Gasteiger partial charge < -0.3 is 24.4 Å². The highest BCUT2D eigenvalue weighted by Gasteiger charge is 2.46. The van der Waals surface area contributed by atoms with E-state index in [0.717, 1.165) is 12.1 Å². The molecule has 7 heteroatoms. The number of ether oxygens (including phenoxy) is 2. The average molecular weight is 501 g/mol. The first-order valence-electron chi connectivity index (χ1n) is 12.2. The number of aliphatic hydroxyl groups excluding tert-OH is 1. The molecule has 4 rings (SSSR count). The third kappa shape index (κ3) is 5.67. The smallest absolute Gasteiger partial charge is 0.295 e. The van der Waals surface area contributed by atoms with E-state index in [4.69, 9.17) is 9.47 Å². The van der Waals surface area contributed by atoms with Crippen LogP contribution >= 0.6 is 0 Å². The van der Waals surface area contributed by atoms with Crippen LogP contribution < -0.4 is 9.47 Å². The van der Waals surface area contributed by atoms with Gasteiger partial charge in [0.2, 0.25) is 0 Å². The molecule has 37 heavy (non-hydrogen) atoms. The van der Waals surface area contributed by atoms with E-state index in [1.54, 1.807) is 30.2 Å². The zero-order valence-corrected chi connectivity index (χ0v) is 21.6. The fourth-order valence-electron chi connectivity index (χ4n) is 4.56. The van der Waals surface area contributed by atoms with Crippen molar-refractivity contribution in [2.75, 3.05) is 34.3 Å². The fourth-order valence-corrected chi connectivity index (χ4v) is 4.56. The Bertz CT molecular complexity index is 1320. The maximum absolute atomic E-state index is 13.3. The number of aryl methyl sites for hydroxylation is 1. The predicted octanol–water partition coefficient (Wildman–Crippen LogP) is 5.17. The number of rotatable bonds is 9. The van der Waals surface area contributed by atoms with Crippen molar-refractivity contribution in [2.45, 2.75) is 19.4 Å². The number of likely N-dealkylation sites (tertiary alicyclic amines) is 1. The minimum absolute atomic E-state index is 0.0694. The standard InChI is InChI=1S/C30H32N2O5/c1-20-18-23(36-4)14-15-25(20)28(33)26-27(32(30(35)29(26)34)17-9-16-31(2)3)21-10-8-13-24(19-21)37-22-11-6-5-7-12-22/h5-8,10-15,18-19,27,33H,9,16-17H2,1-4H3/b28-26+/t27-/m0/s1. The molecule has 1 atom stereocenters. The third-order valence-corrected chi connectivity index (χ3v) is 6.39. The van der Waals surface area contributed by atoms with E-state index in [2.05, 4.69) is 0 Å². The molecule has 7 nitrogen and oxygen atoms in total. The molecule has 1 N–H and O–H groups in total. The van der Waals surface area contributed by atoms with E-state index in [-0.39, 0.29) is 11.3 Å². The Morgan fingerprint density at radius 2 is 1.68 bits per heavy atom. The first-order chi connectivity index (χ1) is 17.8. The summed E-state index contributed by atoms with van der Waals surface area (Å²) < 4.78 is 11.3. The normalized spacial score (nSPS) is 16.9. The molecule has 1 heterocycles. The van der Waals surface area contributed by atoms with Gasteiger partial charge in [-0.3, -0.25) is 9.59 Å². The largest absolute Gasteiger partial charge is 0.507 e. The van der Waals surface area contributed by atoms with Crippen molar-refractivity contribution in [3.8, 4) is 17.2 Å². The van der Waals surface area contributed by atoms with Crippen LogP contribution in [-0.4, -0.2) is 60.9 Å². The zero-order chi connectivity index (χ0) is 26.5. The number of hydrogen-bond donors (Lipinski definition) is 1. The number of hydrogen-bond acceptors (Lipinski definition) is 6. The number of methoxy groups -OCH3 is 1. The van der Waals surface area contributed by atoms with E-state index in [9.17, 15) is 14.7 Å². The molecule has 0 saturated carbocycles. The highest BCUT2D eigenvalue weighted by molar-refractivity contribution is 6.46. The lowest BCUT2D eigenvalue weighted by Gasteiger charge is -2.26. The van der Waals surface area contributed by atoms with E-state index in [1.165, 1.54) is 0 Å². The van der Waals surface area contributed by atoms with Gasteiger partial charge in [0.1, 0.15) is 23.0 Å². The Kier molecular flexibility index (Phi) is 7.94. The van der Waals surface area contributed by atoms with Crippen LogP contribution in [0.1, 0.15) is 29.2 Å². The second kappa shape index (κ2) is 11.3. The second-order valence-electron chi connectivity index (χ2n) is 9.32. The lowest BCUT2D eigenvalue weighted by atomic mass is 9.93. The van der Waals surface area contributed by atoms with Crippen molar-refractivity contribution in [1.82, 2.24) is 9.80 Å². The van der Waals surface area contributed by atoms with E-state index in [1.807, 2.05) is 80.5 Å². The molecule has 0 radical (unpaired) electrons. The Hall–Kier alpha value is -4.10. The summed E-state index contributed by atoms with van der Waals surface area (Å²) in [7, 11) is 5.49. The molecule has 3 aromatic rings. The number of nitrogens with zero attached hydrogens (tertiary/aromatic N) is 2. The summed E-state index contributed by atoms with van der Waals surface area (Å²) in [5.74, 6) is 0.369. The number of amides is 1. The van der Waals surface area contributed by atoms with Gasteiger partial charge in [0, 0.05) is 12.1 Å². The van der Waals surface area contributed by atoms with Crippen LogP contribution in [0.5, 0.6) is 17.2 Å². The molecule has 1 amide bonds. The number of para-hydroxylation sites is 1. The molecule has 0 spiro atoms. The van der Waals surface area contributed by atoms with Crippen molar-refractivity contribution in [3.05, 3.63) is 95.1 Å². The molecule has 192 valence electrons. The van der Waals surface area contributed by atoms with Gasteiger partial charge in [0.15, 0.2) is 0 Å². The van der Waals surface area contributed by atoms with Crippen molar-refractivity contribution in [1.29, 1.82) is 0 Å². The molecule has 1 fully saturated rings. The van der Waals surface area contributed by atoms with Crippen LogP contribution in [0.15, 0.2) is 78.4 Å². The lowest BCUT2D eigenvalue weighted by Crippen LogP contribution is -2.32. The zero-order valence-electron chi connectivity index (χ0n) is 21.6. The second-order valence-corrected chi connectivity index (χ2v) is 9.32. The van der Waals surface area contributed by atoms with Crippen molar-refractivity contribution < 1.29 is 24.2 Å². The summed E-state index contributed by atoms with van der Waals surface area (Å²) in [5.41, 5.74) is 1.97. The van der Waals surface area contributed by atoms with Crippen molar-refractivity contribution in [2.24, 2.45) is 0 Å². The summed E-state index contributed by atoms with van der Waals surface area (Å²) in [6.45, 7) is 2.95. The number of benzene rings is 3. The van der Waals surface area contributed by atoms with Crippen LogP contribution in [0.3, 0.4) is 0 Å². The molecule has 1 aliphatic heterocycles. The molecule has 0 aliphatic carbocycles. The molecule has 1 aliphatic rings. The number of carbonyl (C=O) groups is 2. The summed E-state index contributed by atoms with van der Waals surface area (Å²) in [4.78, 5) is 30.2. The lowest BCUT2D eigenvalue weighted by molar-refractivity contribution is -0.139. The van der Waals surface area contributed by atoms with Crippen LogP contribution in [-0.2, 0) is 9.59 Å². The molecular weight excluding hydrogens is 468 g/mol. The monoisotopic (exact) mass is 500 g/mol. The number of carbonyl (C=O) groups excluding carboxylic acids is 2. The molecule has 0 bridgehead atoms. The minimum atomic E-state index is -0.747. The maximum Gasteiger partial charge on any atom is 0.295 e. The SMILES string of the molecule is COc1ccc(/C(O)=C2\C(=O)C(=O)N(CCCN(C)C)[C@H]2c2cccc(Oc3ccccc3)c2)c(C)c1. The van der Waals surface area contributed by atoms with Crippen molar-refractivity contribution in [3.63, 3.8) is 0 Å². The molecular formula is C30H32N2O5. The summed E-state index contributed by atoms with van der Waals surface area (Å²) in [6.07, 6.45) is 0.679. The van der Waals surface area contributed by atoms with E-state index >= 15 is 0 Å². The molecule has 0 unspecified atom stereocenters. The Morgan fingerprint density at radius 1 is 0.946 bits per heavy atom. The Labute approximate surface area is 217 Å². The minimum Gasteiger partial charge on any atom is -0.507 e. The average Bonchev–Trinajstić information content (AvgIpc) is 3.14. The van der Waals surface area contributed by atoms with Gasteiger partial charge in [0.05, 0.1) is 18.7 Å². The van der Waals surface area contributed by atoms with Gasteiger partial charge in [-0.15, -0.1) is 0 Å². The molecule has 0 aromatic heterocycles. The molecule has 1 saturated heterocycles. The van der Waals surface area contributed by atoms with Crippen LogP contribution in [0.2, 0.25) is 0 Å². The van der Waals surface area contributed by atoms with Crippen LogP contribution in [0, 0.1) is 6.92 Å². The maximum atomic E-state index is 13.3. The third-order valence-electron chi connectivity index (χ3n) is 6.39. The number of ketones is 1. The number of Topliss-reactive ketones (excluding diaryl/α,β-unsaturated/α-hetero) is 1. The van der Waals surface area contributed by atoms with Crippen LogP contribution in [0.4, 0.5) is 0 Å². The van der Waals surface area contributed by atoms with Gasteiger partial charge in [-0.2, -0.15) is 0 Å². The summed E-state index contributed by atoms with van der Waals surface area (Å²) in [5, 5.41) is 11.4. The fraction of sp³-hybridized carbons (Fsp3) is 0.267. The molecule has 3 aromatic carbocycles. The quantitative estimate of drug-likeness (QED) is 0.248. The highest BCUT2D eigenvalue weighted by Crippen LogP contribution is 2.41. The predicted molar refractivity (Wildman–Crippen MR) is 143 cm³/mol. The van der Waals surface area contributed by atoms with Crippen molar-refractivity contribution >= 4 is 17.4 Å². The van der Waals surface area contributed by atoms with Gasteiger partial charge in [0.25, 0.3) is 11.7 Å². The first-order valence-corrected chi connectivity index (χ1v) is 12.2.